The highest BCUT2D eigenvalue weighted by atomic mass is 15.1. The molecule has 1 aliphatic carbocycles. The highest BCUT2D eigenvalue weighted by molar-refractivity contribution is 5.85. The number of benzene rings is 2. The Morgan fingerprint density at radius 3 is 2.56 bits per heavy atom. The van der Waals surface area contributed by atoms with Crippen molar-refractivity contribution in [3.05, 3.63) is 66.2 Å². The molecular formula is C24H29N3. The van der Waals surface area contributed by atoms with Crippen molar-refractivity contribution in [1.29, 1.82) is 0 Å². The van der Waals surface area contributed by atoms with Crippen LogP contribution in [0.5, 0.6) is 0 Å². The Hall–Kier alpha value is -2.13. The molecule has 3 aromatic rings. The average Bonchev–Trinajstić information content (AvgIpc) is 3.14. The smallest absolute Gasteiger partial charge is 0.111 e. The highest BCUT2D eigenvalue weighted by Crippen LogP contribution is 2.32. The number of piperidine rings is 1. The molecule has 1 aliphatic heterocycles. The second-order valence-corrected chi connectivity index (χ2v) is 8.42. The van der Waals surface area contributed by atoms with Crippen molar-refractivity contribution in [2.75, 3.05) is 13.1 Å². The number of fused-ring (bicyclic) bond motifs is 1. The lowest BCUT2D eigenvalue weighted by Gasteiger charge is -2.33. The molecule has 0 unspecified atom stereocenters. The Morgan fingerprint density at radius 1 is 0.926 bits per heavy atom. The van der Waals surface area contributed by atoms with Crippen LogP contribution < -0.4 is 0 Å². The first-order valence-corrected chi connectivity index (χ1v) is 10.6. The molecule has 3 nitrogen and oxygen atoms in total. The first-order chi connectivity index (χ1) is 13.4. The molecule has 3 heteroatoms. The number of nitrogens with zero attached hydrogens (tertiary/aromatic N) is 3. The molecule has 2 heterocycles. The zero-order valence-corrected chi connectivity index (χ0v) is 16.1. The van der Waals surface area contributed by atoms with E-state index in [9.17, 15) is 0 Å². The number of rotatable bonds is 5. The molecular weight excluding hydrogens is 330 g/mol. The maximum absolute atomic E-state index is 4.75. The van der Waals surface area contributed by atoms with Crippen molar-refractivity contribution in [2.45, 2.75) is 51.1 Å². The van der Waals surface area contributed by atoms with Gasteiger partial charge in [-0.2, -0.15) is 0 Å². The van der Waals surface area contributed by atoms with E-state index in [-0.39, 0.29) is 0 Å². The first kappa shape index (κ1) is 17.0. The summed E-state index contributed by atoms with van der Waals surface area (Å²) in [5.41, 5.74) is 1.46. The molecule has 0 N–H and O–H groups in total. The van der Waals surface area contributed by atoms with Crippen molar-refractivity contribution in [3.8, 4) is 0 Å². The minimum atomic E-state index is 0.629. The summed E-state index contributed by atoms with van der Waals surface area (Å²) >= 11 is 0. The molecule has 1 aromatic heterocycles. The van der Waals surface area contributed by atoms with Gasteiger partial charge in [-0.1, -0.05) is 48.9 Å². The van der Waals surface area contributed by atoms with E-state index < -0.39 is 0 Å². The topological polar surface area (TPSA) is 21.1 Å². The van der Waals surface area contributed by atoms with Crippen LogP contribution in [0.15, 0.2) is 54.9 Å². The van der Waals surface area contributed by atoms with Crippen LogP contribution in [0.3, 0.4) is 0 Å². The summed E-state index contributed by atoms with van der Waals surface area (Å²) in [7, 11) is 0. The van der Waals surface area contributed by atoms with Crippen molar-refractivity contribution >= 4 is 10.8 Å². The lowest BCUT2D eigenvalue weighted by Crippen LogP contribution is -2.33. The molecule has 27 heavy (non-hydrogen) atoms. The van der Waals surface area contributed by atoms with E-state index in [0.29, 0.717) is 5.92 Å². The van der Waals surface area contributed by atoms with Gasteiger partial charge < -0.3 is 4.57 Å². The van der Waals surface area contributed by atoms with Crippen LogP contribution in [0.25, 0.3) is 10.8 Å². The number of likely N-dealkylation sites (tertiary alicyclic amines) is 1. The van der Waals surface area contributed by atoms with Gasteiger partial charge in [-0.15, -0.1) is 0 Å². The minimum Gasteiger partial charge on any atom is -0.334 e. The highest BCUT2D eigenvalue weighted by Gasteiger charge is 2.26. The number of hydrogen-bond donors (Lipinski definition) is 0. The SMILES string of the molecule is c1ccc2c(CN3CCC(c4nccn4CC4CCC4)CC3)cccc2c1. The molecule has 0 spiro atoms. The molecule has 5 rings (SSSR count). The number of hydrogen-bond acceptors (Lipinski definition) is 2. The van der Waals surface area contributed by atoms with Gasteiger partial charge in [0, 0.05) is 31.4 Å². The Balaban J connectivity index is 1.23. The van der Waals surface area contributed by atoms with E-state index in [1.54, 1.807) is 0 Å². The summed E-state index contributed by atoms with van der Waals surface area (Å²) in [5.74, 6) is 2.86. The Kier molecular flexibility index (Phi) is 4.71. The number of imidazole rings is 1. The molecule has 0 atom stereocenters. The standard InChI is InChI=1S/C24H29N3/c1-2-10-23-20(7-1)8-4-9-22(23)18-26-14-11-21(12-15-26)24-25-13-16-27(24)17-19-5-3-6-19/h1-2,4,7-10,13,16,19,21H,3,5-6,11-12,14-15,17-18H2. The summed E-state index contributed by atoms with van der Waals surface area (Å²) in [6.07, 6.45) is 10.9. The molecule has 1 saturated heterocycles. The van der Waals surface area contributed by atoms with Crippen molar-refractivity contribution < 1.29 is 0 Å². The van der Waals surface area contributed by atoms with E-state index in [4.69, 9.17) is 4.98 Å². The third-order valence-electron chi connectivity index (χ3n) is 6.65. The van der Waals surface area contributed by atoms with E-state index >= 15 is 0 Å². The van der Waals surface area contributed by atoms with Crippen molar-refractivity contribution in [1.82, 2.24) is 14.5 Å². The zero-order valence-electron chi connectivity index (χ0n) is 16.1. The predicted molar refractivity (Wildman–Crippen MR) is 111 cm³/mol. The third-order valence-corrected chi connectivity index (χ3v) is 6.65. The first-order valence-electron chi connectivity index (χ1n) is 10.6. The van der Waals surface area contributed by atoms with E-state index in [1.807, 2.05) is 6.20 Å². The summed E-state index contributed by atoms with van der Waals surface area (Å²) in [4.78, 5) is 7.37. The van der Waals surface area contributed by atoms with Crippen LogP contribution in [0.2, 0.25) is 0 Å². The predicted octanol–water partition coefficient (Wildman–Crippen LogP) is 5.22. The van der Waals surface area contributed by atoms with Crippen LogP contribution in [0, 0.1) is 5.92 Å². The van der Waals surface area contributed by atoms with Gasteiger partial charge in [-0.05, 0) is 61.0 Å². The molecule has 140 valence electrons. The van der Waals surface area contributed by atoms with E-state index in [0.717, 1.165) is 12.5 Å². The fraction of sp³-hybridized carbons (Fsp3) is 0.458. The quantitative estimate of drug-likeness (QED) is 0.623. The fourth-order valence-corrected chi connectivity index (χ4v) is 4.81. The molecule has 2 fully saturated rings. The Morgan fingerprint density at radius 2 is 1.74 bits per heavy atom. The van der Waals surface area contributed by atoms with Gasteiger partial charge in [0.2, 0.25) is 0 Å². The largest absolute Gasteiger partial charge is 0.334 e. The van der Waals surface area contributed by atoms with Crippen molar-refractivity contribution in [3.63, 3.8) is 0 Å². The van der Waals surface area contributed by atoms with Crippen molar-refractivity contribution in [2.24, 2.45) is 5.92 Å². The third kappa shape index (κ3) is 3.53. The summed E-state index contributed by atoms with van der Waals surface area (Å²) in [6, 6.07) is 15.5. The van der Waals surface area contributed by atoms with Crippen LogP contribution in [-0.4, -0.2) is 27.5 Å². The van der Waals surface area contributed by atoms with E-state index in [2.05, 4.69) is 58.1 Å². The Bertz CT molecular complexity index is 895. The maximum Gasteiger partial charge on any atom is 0.111 e. The number of aromatic nitrogens is 2. The minimum absolute atomic E-state index is 0.629. The van der Waals surface area contributed by atoms with Crippen LogP contribution in [-0.2, 0) is 13.1 Å². The van der Waals surface area contributed by atoms with Gasteiger partial charge in [-0.3, -0.25) is 4.90 Å². The maximum atomic E-state index is 4.75. The second kappa shape index (κ2) is 7.47. The lowest BCUT2D eigenvalue weighted by atomic mass is 9.85. The second-order valence-electron chi connectivity index (χ2n) is 8.42. The summed E-state index contributed by atoms with van der Waals surface area (Å²) < 4.78 is 2.45. The molecule has 0 bridgehead atoms. The van der Waals surface area contributed by atoms with E-state index in [1.165, 1.54) is 73.9 Å². The zero-order chi connectivity index (χ0) is 18.1. The molecule has 0 radical (unpaired) electrons. The average molecular weight is 360 g/mol. The normalized spacial score (nSPS) is 19.4. The van der Waals surface area contributed by atoms with Gasteiger partial charge >= 0.3 is 0 Å². The van der Waals surface area contributed by atoms with Gasteiger partial charge in [0.05, 0.1) is 0 Å². The molecule has 2 aliphatic rings. The lowest BCUT2D eigenvalue weighted by molar-refractivity contribution is 0.198. The molecule has 0 amide bonds. The van der Waals surface area contributed by atoms with Gasteiger partial charge in [0.15, 0.2) is 0 Å². The van der Waals surface area contributed by atoms with Crippen LogP contribution in [0.1, 0.15) is 49.4 Å². The molecule has 2 aromatic carbocycles. The summed E-state index contributed by atoms with van der Waals surface area (Å²) in [6.45, 7) is 4.59. The summed E-state index contributed by atoms with van der Waals surface area (Å²) in [5, 5.41) is 2.75. The van der Waals surface area contributed by atoms with Crippen LogP contribution >= 0.6 is 0 Å². The van der Waals surface area contributed by atoms with Crippen LogP contribution in [0.4, 0.5) is 0 Å². The fourth-order valence-electron chi connectivity index (χ4n) is 4.81. The molecule has 1 saturated carbocycles. The van der Waals surface area contributed by atoms with Gasteiger partial charge in [-0.25, -0.2) is 4.98 Å². The van der Waals surface area contributed by atoms with Gasteiger partial charge in [0.25, 0.3) is 0 Å². The monoisotopic (exact) mass is 359 g/mol. The van der Waals surface area contributed by atoms with Gasteiger partial charge in [0.1, 0.15) is 5.82 Å². The Labute approximate surface area is 162 Å².